The summed E-state index contributed by atoms with van der Waals surface area (Å²) in [6, 6.07) is 10.1. The molecule has 1 aliphatic carbocycles. The molecule has 1 aromatic carbocycles. The lowest BCUT2D eigenvalue weighted by molar-refractivity contribution is 0.223. The average molecular weight is 270 g/mol. The number of nitrogens with one attached hydrogen (secondary N) is 1. The maximum absolute atomic E-state index is 8.93. The maximum atomic E-state index is 8.93. The number of hydrogen-bond acceptors (Lipinski definition) is 2. The van der Waals surface area contributed by atoms with E-state index in [1.54, 1.807) is 0 Å². The summed E-state index contributed by atoms with van der Waals surface area (Å²) in [6.07, 6.45) is 6.85. The van der Waals surface area contributed by atoms with Gasteiger partial charge in [-0.05, 0) is 48.3 Å². The van der Waals surface area contributed by atoms with Gasteiger partial charge in [-0.3, -0.25) is 0 Å². The quantitative estimate of drug-likeness (QED) is 0.838. The monoisotopic (exact) mass is 270 g/mol. The van der Waals surface area contributed by atoms with Gasteiger partial charge in [0.1, 0.15) is 0 Å². The van der Waals surface area contributed by atoms with Crippen molar-refractivity contribution in [2.75, 3.05) is 6.54 Å². The molecule has 0 amide bonds. The molecule has 20 heavy (non-hydrogen) atoms. The van der Waals surface area contributed by atoms with Crippen molar-refractivity contribution in [1.29, 1.82) is 5.26 Å². The molecule has 1 fully saturated rings. The smallest absolute Gasteiger partial charge is 0.0991 e. The Hall–Kier alpha value is -1.33. The summed E-state index contributed by atoms with van der Waals surface area (Å²) in [4.78, 5) is 0. The molecule has 2 nitrogen and oxygen atoms in total. The Labute approximate surface area is 123 Å². The summed E-state index contributed by atoms with van der Waals surface area (Å²) in [5.41, 5.74) is 2.48. The molecule has 2 rings (SSSR count). The Morgan fingerprint density at radius 3 is 2.70 bits per heavy atom. The number of nitrogens with zero attached hydrogens (tertiary/aromatic N) is 1. The third kappa shape index (κ3) is 4.08. The van der Waals surface area contributed by atoms with Gasteiger partial charge in [0.05, 0.1) is 11.6 Å². The highest BCUT2D eigenvalue weighted by atomic mass is 14.9. The third-order valence-corrected chi connectivity index (χ3v) is 4.39. The fourth-order valence-electron chi connectivity index (χ4n) is 3.67. The highest BCUT2D eigenvalue weighted by molar-refractivity contribution is 5.32. The SMILES string of the molecule is CC(C)CC1(CNCc2cccc(C#N)c2)CCCC1. The molecule has 1 N–H and O–H groups in total. The second kappa shape index (κ2) is 6.90. The normalized spacial score (nSPS) is 17.3. The van der Waals surface area contributed by atoms with Crippen molar-refractivity contribution in [3.05, 3.63) is 35.4 Å². The second-order valence-corrected chi connectivity index (χ2v) is 6.72. The van der Waals surface area contributed by atoms with Crippen molar-refractivity contribution in [2.24, 2.45) is 11.3 Å². The predicted octanol–water partition coefficient (Wildman–Crippen LogP) is 4.25. The minimum Gasteiger partial charge on any atom is -0.312 e. The summed E-state index contributed by atoms with van der Waals surface area (Å²) in [5, 5.41) is 12.6. The van der Waals surface area contributed by atoms with E-state index < -0.39 is 0 Å². The van der Waals surface area contributed by atoms with Crippen LogP contribution in [0.15, 0.2) is 24.3 Å². The van der Waals surface area contributed by atoms with E-state index in [0.29, 0.717) is 5.41 Å². The van der Waals surface area contributed by atoms with E-state index in [1.165, 1.54) is 37.7 Å². The lowest BCUT2D eigenvalue weighted by Gasteiger charge is -2.31. The lowest BCUT2D eigenvalue weighted by atomic mass is 9.78. The molecular weight excluding hydrogens is 244 g/mol. The van der Waals surface area contributed by atoms with Crippen LogP contribution in [-0.4, -0.2) is 6.54 Å². The first kappa shape index (κ1) is 15.1. The molecule has 0 saturated heterocycles. The van der Waals surface area contributed by atoms with Crippen LogP contribution in [0.5, 0.6) is 0 Å². The highest BCUT2D eigenvalue weighted by Crippen LogP contribution is 2.42. The van der Waals surface area contributed by atoms with Crippen molar-refractivity contribution in [3.8, 4) is 6.07 Å². The van der Waals surface area contributed by atoms with Crippen LogP contribution >= 0.6 is 0 Å². The maximum Gasteiger partial charge on any atom is 0.0991 e. The van der Waals surface area contributed by atoms with Gasteiger partial charge in [-0.1, -0.05) is 38.8 Å². The Balaban J connectivity index is 1.88. The molecule has 108 valence electrons. The van der Waals surface area contributed by atoms with Gasteiger partial charge in [0.25, 0.3) is 0 Å². The van der Waals surface area contributed by atoms with Crippen LogP contribution < -0.4 is 5.32 Å². The van der Waals surface area contributed by atoms with Crippen molar-refractivity contribution in [1.82, 2.24) is 5.32 Å². The summed E-state index contributed by atoms with van der Waals surface area (Å²) < 4.78 is 0. The second-order valence-electron chi connectivity index (χ2n) is 6.72. The molecule has 1 aliphatic rings. The zero-order valence-electron chi connectivity index (χ0n) is 12.8. The van der Waals surface area contributed by atoms with Gasteiger partial charge in [-0.15, -0.1) is 0 Å². The number of benzene rings is 1. The topological polar surface area (TPSA) is 35.8 Å². The van der Waals surface area contributed by atoms with Crippen LogP contribution in [0.3, 0.4) is 0 Å². The first-order valence-corrected chi connectivity index (χ1v) is 7.83. The molecule has 0 heterocycles. The van der Waals surface area contributed by atoms with E-state index in [4.69, 9.17) is 5.26 Å². The molecule has 2 heteroatoms. The van der Waals surface area contributed by atoms with Crippen LogP contribution in [0.1, 0.15) is 57.1 Å². The summed E-state index contributed by atoms with van der Waals surface area (Å²) >= 11 is 0. The highest BCUT2D eigenvalue weighted by Gasteiger charge is 2.33. The Morgan fingerprint density at radius 2 is 2.05 bits per heavy atom. The Morgan fingerprint density at radius 1 is 1.30 bits per heavy atom. The predicted molar refractivity (Wildman–Crippen MR) is 83.2 cm³/mol. The molecular formula is C18H26N2. The Bertz CT molecular complexity index is 465. The van der Waals surface area contributed by atoms with E-state index >= 15 is 0 Å². The van der Waals surface area contributed by atoms with E-state index in [-0.39, 0.29) is 0 Å². The molecule has 0 aliphatic heterocycles. The van der Waals surface area contributed by atoms with E-state index in [0.717, 1.165) is 24.6 Å². The molecule has 1 saturated carbocycles. The fourth-order valence-corrected chi connectivity index (χ4v) is 3.67. The van der Waals surface area contributed by atoms with Crippen molar-refractivity contribution in [2.45, 2.75) is 52.5 Å². The van der Waals surface area contributed by atoms with Crippen molar-refractivity contribution >= 4 is 0 Å². The first-order valence-electron chi connectivity index (χ1n) is 7.83. The van der Waals surface area contributed by atoms with Gasteiger partial charge in [-0.25, -0.2) is 0 Å². The number of rotatable bonds is 6. The van der Waals surface area contributed by atoms with Crippen LogP contribution in [0.25, 0.3) is 0 Å². The van der Waals surface area contributed by atoms with Gasteiger partial charge in [0.15, 0.2) is 0 Å². The largest absolute Gasteiger partial charge is 0.312 e. The van der Waals surface area contributed by atoms with Gasteiger partial charge in [0.2, 0.25) is 0 Å². The van der Waals surface area contributed by atoms with Crippen LogP contribution in [-0.2, 0) is 6.54 Å². The van der Waals surface area contributed by atoms with E-state index in [1.807, 2.05) is 18.2 Å². The van der Waals surface area contributed by atoms with Gasteiger partial charge >= 0.3 is 0 Å². The molecule has 0 radical (unpaired) electrons. The van der Waals surface area contributed by atoms with Crippen LogP contribution in [0.2, 0.25) is 0 Å². The van der Waals surface area contributed by atoms with Crippen LogP contribution in [0, 0.1) is 22.7 Å². The van der Waals surface area contributed by atoms with Crippen molar-refractivity contribution in [3.63, 3.8) is 0 Å². The van der Waals surface area contributed by atoms with Gasteiger partial charge < -0.3 is 5.32 Å². The molecule has 0 unspecified atom stereocenters. The van der Waals surface area contributed by atoms with Gasteiger partial charge in [-0.2, -0.15) is 5.26 Å². The fraction of sp³-hybridized carbons (Fsp3) is 0.611. The van der Waals surface area contributed by atoms with Crippen LogP contribution in [0.4, 0.5) is 0 Å². The summed E-state index contributed by atoms with van der Waals surface area (Å²) in [7, 11) is 0. The summed E-state index contributed by atoms with van der Waals surface area (Å²) in [6.45, 7) is 6.64. The Kier molecular flexibility index (Phi) is 5.20. The standard InChI is InChI=1S/C18H26N2/c1-15(2)11-18(8-3-4-9-18)14-20-13-17-7-5-6-16(10-17)12-19/h5-7,10,15,20H,3-4,8-9,11,13-14H2,1-2H3. The molecule has 0 bridgehead atoms. The number of hydrogen-bond donors (Lipinski definition) is 1. The molecule has 0 spiro atoms. The van der Waals surface area contributed by atoms with E-state index in [9.17, 15) is 0 Å². The first-order chi connectivity index (χ1) is 9.63. The zero-order chi connectivity index (χ0) is 14.4. The lowest BCUT2D eigenvalue weighted by Crippen LogP contribution is -2.33. The third-order valence-electron chi connectivity index (χ3n) is 4.39. The average Bonchev–Trinajstić information content (AvgIpc) is 2.87. The summed E-state index contributed by atoms with van der Waals surface area (Å²) in [5.74, 6) is 0.775. The zero-order valence-corrected chi connectivity index (χ0v) is 12.8. The molecule has 0 atom stereocenters. The van der Waals surface area contributed by atoms with E-state index in [2.05, 4.69) is 31.3 Å². The number of nitriles is 1. The minimum absolute atomic E-state index is 0.515. The minimum atomic E-state index is 0.515. The van der Waals surface area contributed by atoms with Gasteiger partial charge in [0, 0.05) is 13.1 Å². The molecule has 1 aromatic rings. The van der Waals surface area contributed by atoms with Crippen molar-refractivity contribution < 1.29 is 0 Å². The molecule has 0 aromatic heterocycles.